The van der Waals surface area contributed by atoms with Crippen LogP contribution < -0.4 is 5.56 Å². The van der Waals surface area contributed by atoms with Crippen LogP contribution >= 0.6 is 0 Å². The predicted octanol–water partition coefficient (Wildman–Crippen LogP) is 3.03. The summed E-state index contributed by atoms with van der Waals surface area (Å²) >= 11 is 0. The summed E-state index contributed by atoms with van der Waals surface area (Å²) in [4.78, 5) is 14.9. The maximum Gasteiger partial charge on any atom is 0.267 e. The number of hydrogen-bond donors (Lipinski definition) is 0. The van der Waals surface area contributed by atoms with E-state index in [-0.39, 0.29) is 5.56 Å². The lowest BCUT2D eigenvalue weighted by Crippen LogP contribution is -2.37. The van der Waals surface area contributed by atoms with E-state index in [1.54, 1.807) is 4.68 Å². The zero-order valence-corrected chi connectivity index (χ0v) is 14.9. The molecule has 2 heterocycles. The number of nitrogens with zero attached hydrogens (tertiary/aromatic N) is 3. The standard InChI is InChI=1S/C21H27N3O/c25-21-14-19-8-4-5-9-20(19)22-24(21)16-18-10-12-23(13-11-18)15-17-6-2-1-3-7-17/h1-3,6-7,14,18H,4-5,8-13,15-16H2. The molecule has 1 aliphatic heterocycles. The van der Waals surface area contributed by atoms with Gasteiger partial charge in [0.05, 0.1) is 5.69 Å². The summed E-state index contributed by atoms with van der Waals surface area (Å²) in [6.07, 6.45) is 6.76. The zero-order valence-electron chi connectivity index (χ0n) is 14.9. The maximum atomic E-state index is 12.4. The molecule has 1 aromatic heterocycles. The van der Waals surface area contributed by atoms with Crippen molar-refractivity contribution in [2.45, 2.75) is 51.6 Å². The predicted molar refractivity (Wildman–Crippen MR) is 99.6 cm³/mol. The first-order chi connectivity index (χ1) is 12.3. The number of hydrogen-bond acceptors (Lipinski definition) is 3. The Morgan fingerprint density at radius 3 is 2.60 bits per heavy atom. The van der Waals surface area contributed by atoms with Crippen LogP contribution in [0.5, 0.6) is 0 Å². The van der Waals surface area contributed by atoms with Crippen molar-refractivity contribution in [3.8, 4) is 0 Å². The SMILES string of the molecule is O=c1cc2c(nn1CC1CCN(Cc3ccccc3)CC1)CCCC2. The van der Waals surface area contributed by atoms with Gasteiger partial charge in [-0.15, -0.1) is 0 Å². The first kappa shape index (κ1) is 16.5. The first-order valence-corrected chi connectivity index (χ1v) is 9.64. The van der Waals surface area contributed by atoms with Crippen molar-refractivity contribution in [3.05, 3.63) is 63.6 Å². The molecule has 0 unspecified atom stereocenters. The Morgan fingerprint density at radius 1 is 1.04 bits per heavy atom. The number of aryl methyl sites for hydroxylation is 2. The van der Waals surface area contributed by atoms with E-state index in [0.717, 1.165) is 57.6 Å². The molecule has 1 aromatic carbocycles. The highest BCUT2D eigenvalue weighted by Gasteiger charge is 2.21. The van der Waals surface area contributed by atoms with Crippen LogP contribution in [0.25, 0.3) is 0 Å². The van der Waals surface area contributed by atoms with Crippen LogP contribution in [-0.2, 0) is 25.9 Å². The summed E-state index contributed by atoms with van der Waals surface area (Å²) in [5, 5.41) is 4.68. The number of piperidine rings is 1. The topological polar surface area (TPSA) is 38.1 Å². The van der Waals surface area contributed by atoms with Gasteiger partial charge in [0.2, 0.25) is 0 Å². The Bertz CT molecular complexity index is 760. The van der Waals surface area contributed by atoms with Crippen LogP contribution in [-0.4, -0.2) is 27.8 Å². The van der Waals surface area contributed by atoms with Crippen LogP contribution in [0.1, 0.15) is 42.5 Å². The highest BCUT2D eigenvalue weighted by atomic mass is 16.1. The fraction of sp³-hybridized carbons (Fsp3) is 0.524. The monoisotopic (exact) mass is 337 g/mol. The van der Waals surface area contributed by atoms with Gasteiger partial charge < -0.3 is 0 Å². The number of rotatable bonds is 4. The lowest BCUT2D eigenvalue weighted by atomic mass is 9.95. The molecule has 0 amide bonds. The van der Waals surface area contributed by atoms with Gasteiger partial charge >= 0.3 is 0 Å². The molecule has 1 saturated heterocycles. The second kappa shape index (κ2) is 7.52. The van der Waals surface area contributed by atoms with Gasteiger partial charge in [0.1, 0.15) is 0 Å². The fourth-order valence-electron chi connectivity index (χ4n) is 4.15. The summed E-state index contributed by atoms with van der Waals surface area (Å²) in [5.41, 5.74) is 3.82. The number of fused-ring (bicyclic) bond motifs is 1. The van der Waals surface area contributed by atoms with E-state index >= 15 is 0 Å². The fourth-order valence-corrected chi connectivity index (χ4v) is 4.15. The molecule has 0 atom stereocenters. The Morgan fingerprint density at radius 2 is 1.80 bits per heavy atom. The molecule has 2 aromatic rings. The van der Waals surface area contributed by atoms with Gasteiger partial charge in [-0.2, -0.15) is 5.10 Å². The Labute approximate surface area is 149 Å². The lowest BCUT2D eigenvalue weighted by molar-refractivity contribution is 0.163. The van der Waals surface area contributed by atoms with Crippen molar-refractivity contribution in [1.82, 2.24) is 14.7 Å². The Kier molecular flexibility index (Phi) is 4.97. The van der Waals surface area contributed by atoms with Crippen molar-refractivity contribution < 1.29 is 0 Å². The van der Waals surface area contributed by atoms with Gasteiger partial charge in [0.15, 0.2) is 0 Å². The Balaban J connectivity index is 1.35. The van der Waals surface area contributed by atoms with E-state index < -0.39 is 0 Å². The summed E-state index contributed by atoms with van der Waals surface area (Å²) in [6, 6.07) is 12.5. The van der Waals surface area contributed by atoms with Crippen molar-refractivity contribution in [2.24, 2.45) is 5.92 Å². The van der Waals surface area contributed by atoms with Gasteiger partial charge in [-0.3, -0.25) is 9.69 Å². The minimum Gasteiger partial charge on any atom is -0.299 e. The molecule has 1 aliphatic carbocycles. The summed E-state index contributed by atoms with van der Waals surface area (Å²) in [7, 11) is 0. The highest BCUT2D eigenvalue weighted by Crippen LogP contribution is 2.21. The van der Waals surface area contributed by atoms with Gasteiger partial charge in [-0.05, 0) is 68.7 Å². The minimum atomic E-state index is 0.0902. The molecule has 0 bridgehead atoms. The second-order valence-corrected chi connectivity index (χ2v) is 7.55. The van der Waals surface area contributed by atoms with Crippen molar-refractivity contribution in [3.63, 3.8) is 0 Å². The molecule has 4 rings (SSSR count). The van der Waals surface area contributed by atoms with Crippen LogP contribution in [0, 0.1) is 5.92 Å². The minimum absolute atomic E-state index is 0.0902. The normalized spacial score (nSPS) is 18.9. The van der Waals surface area contributed by atoms with Gasteiger partial charge in [0.25, 0.3) is 5.56 Å². The van der Waals surface area contributed by atoms with Gasteiger partial charge in [-0.1, -0.05) is 30.3 Å². The average molecular weight is 337 g/mol. The van der Waals surface area contributed by atoms with E-state index in [0.29, 0.717) is 5.92 Å². The zero-order chi connectivity index (χ0) is 17.1. The van der Waals surface area contributed by atoms with E-state index in [1.807, 2.05) is 6.07 Å². The van der Waals surface area contributed by atoms with Crippen LogP contribution in [0.3, 0.4) is 0 Å². The van der Waals surface area contributed by atoms with E-state index in [9.17, 15) is 4.79 Å². The second-order valence-electron chi connectivity index (χ2n) is 7.55. The molecule has 2 aliphatic rings. The molecule has 0 radical (unpaired) electrons. The largest absolute Gasteiger partial charge is 0.299 e. The van der Waals surface area contributed by atoms with Gasteiger partial charge in [0, 0.05) is 19.2 Å². The molecule has 0 saturated carbocycles. The Hall–Kier alpha value is -1.94. The molecule has 0 N–H and O–H groups in total. The summed E-state index contributed by atoms with van der Waals surface area (Å²) in [6.45, 7) is 4.04. The highest BCUT2D eigenvalue weighted by molar-refractivity contribution is 5.20. The quantitative estimate of drug-likeness (QED) is 0.861. The molecule has 1 fully saturated rings. The summed E-state index contributed by atoms with van der Waals surface area (Å²) in [5.74, 6) is 0.568. The molecule has 132 valence electrons. The molecule has 4 heteroatoms. The van der Waals surface area contributed by atoms with Gasteiger partial charge in [-0.25, -0.2) is 4.68 Å². The van der Waals surface area contributed by atoms with E-state index in [2.05, 4.69) is 40.3 Å². The molecule has 25 heavy (non-hydrogen) atoms. The van der Waals surface area contributed by atoms with Crippen LogP contribution in [0.4, 0.5) is 0 Å². The smallest absolute Gasteiger partial charge is 0.267 e. The summed E-state index contributed by atoms with van der Waals surface area (Å²) < 4.78 is 1.74. The third-order valence-electron chi connectivity index (χ3n) is 5.66. The van der Waals surface area contributed by atoms with Crippen LogP contribution in [0.15, 0.2) is 41.2 Å². The van der Waals surface area contributed by atoms with E-state index in [1.165, 1.54) is 24.0 Å². The number of aromatic nitrogens is 2. The first-order valence-electron chi connectivity index (χ1n) is 9.64. The van der Waals surface area contributed by atoms with E-state index in [4.69, 9.17) is 0 Å². The third-order valence-corrected chi connectivity index (χ3v) is 5.66. The third kappa shape index (κ3) is 4.01. The molecular weight excluding hydrogens is 310 g/mol. The average Bonchev–Trinajstić information content (AvgIpc) is 2.65. The number of benzene rings is 1. The molecule has 4 nitrogen and oxygen atoms in total. The van der Waals surface area contributed by atoms with Crippen molar-refractivity contribution in [1.29, 1.82) is 0 Å². The maximum absolute atomic E-state index is 12.4. The molecular formula is C21H27N3O. The van der Waals surface area contributed by atoms with Crippen LogP contribution in [0.2, 0.25) is 0 Å². The molecule has 0 spiro atoms. The van der Waals surface area contributed by atoms with Crippen molar-refractivity contribution in [2.75, 3.05) is 13.1 Å². The lowest BCUT2D eigenvalue weighted by Gasteiger charge is -2.32. The van der Waals surface area contributed by atoms with Crippen molar-refractivity contribution >= 4 is 0 Å². The number of likely N-dealkylation sites (tertiary alicyclic amines) is 1.